The Balaban J connectivity index is 1.66. The van der Waals surface area contributed by atoms with E-state index in [-0.39, 0.29) is 0 Å². The van der Waals surface area contributed by atoms with Crippen LogP contribution in [0.4, 0.5) is 0 Å². The Labute approximate surface area is 150 Å². The number of benzene rings is 1. The number of hydrogen-bond acceptors (Lipinski definition) is 5. The topological polar surface area (TPSA) is 46.6 Å². The van der Waals surface area contributed by atoms with E-state index in [9.17, 15) is 0 Å². The summed E-state index contributed by atoms with van der Waals surface area (Å²) in [6.07, 6.45) is 6.09. The van der Waals surface area contributed by atoms with Crippen molar-refractivity contribution in [2.75, 3.05) is 27.2 Å². The molecule has 2 aromatic rings. The Bertz CT molecular complexity index is 663. The maximum absolute atomic E-state index is 5.99. The number of methoxy groups -OCH3 is 1. The largest absolute Gasteiger partial charge is 0.493 e. The van der Waals surface area contributed by atoms with Gasteiger partial charge in [0.2, 0.25) is 0 Å². The zero-order valence-electron chi connectivity index (χ0n) is 15.1. The van der Waals surface area contributed by atoms with Crippen LogP contribution in [0.2, 0.25) is 0 Å². The van der Waals surface area contributed by atoms with E-state index in [0.717, 1.165) is 36.7 Å². The molecule has 3 rings (SSSR count). The normalized spacial score (nSPS) is 18.1. The SMILES string of the molecule is CNC1CCCN(Cc2ccc(OC)c(OCc3cccnc3)c2)C1. The molecular weight excluding hydrogens is 314 g/mol. The lowest BCUT2D eigenvalue weighted by Gasteiger charge is -2.32. The highest BCUT2D eigenvalue weighted by molar-refractivity contribution is 5.43. The molecule has 1 saturated heterocycles. The minimum atomic E-state index is 0.485. The fourth-order valence-electron chi connectivity index (χ4n) is 3.27. The van der Waals surface area contributed by atoms with Crippen molar-refractivity contribution in [2.45, 2.75) is 32.0 Å². The predicted molar refractivity (Wildman–Crippen MR) is 98.9 cm³/mol. The second-order valence-electron chi connectivity index (χ2n) is 6.50. The first-order valence-corrected chi connectivity index (χ1v) is 8.86. The van der Waals surface area contributed by atoms with Gasteiger partial charge in [-0.3, -0.25) is 9.88 Å². The second-order valence-corrected chi connectivity index (χ2v) is 6.50. The maximum Gasteiger partial charge on any atom is 0.161 e. The standard InChI is InChI=1S/C20H27N3O2/c1-21-18-6-4-10-23(14-18)13-16-7-8-19(24-2)20(11-16)25-15-17-5-3-9-22-12-17/h3,5,7-9,11-12,18,21H,4,6,10,13-15H2,1-2H3. The molecule has 25 heavy (non-hydrogen) atoms. The smallest absolute Gasteiger partial charge is 0.161 e. The van der Waals surface area contributed by atoms with Crippen molar-refractivity contribution in [3.05, 3.63) is 53.9 Å². The number of piperidine rings is 1. The van der Waals surface area contributed by atoms with Crippen LogP contribution >= 0.6 is 0 Å². The van der Waals surface area contributed by atoms with Crippen molar-refractivity contribution in [3.63, 3.8) is 0 Å². The van der Waals surface area contributed by atoms with Crippen LogP contribution in [0, 0.1) is 0 Å². The Kier molecular flexibility index (Phi) is 6.25. The molecule has 5 heteroatoms. The fraction of sp³-hybridized carbons (Fsp3) is 0.450. The number of pyridine rings is 1. The molecule has 0 saturated carbocycles. The summed E-state index contributed by atoms with van der Waals surface area (Å²) in [7, 11) is 3.72. The molecule has 134 valence electrons. The van der Waals surface area contributed by atoms with E-state index in [1.807, 2.05) is 31.4 Å². The molecular formula is C20H27N3O2. The van der Waals surface area contributed by atoms with Crippen LogP contribution in [0.25, 0.3) is 0 Å². The highest BCUT2D eigenvalue weighted by Crippen LogP contribution is 2.29. The quantitative estimate of drug-likeness (QED) is 0.839. The number of rotatable bonds is 7. The molecule has 0 spiro atoms. The third-order valence-corrected chi connectivity index (χ3v) is 4.67. The Morgan fingerprint density at radius 2 is 2.16 bits per heavy atom. The third-order valence-electron chi connectivity index (χ3n) is 4.67. The van der Waals surface area contributed by atoms with Gasteiger partial charge in [0.15, 0.2) is 11.5 Å². The van der Waals surface area contributed by atoms with Gasteiger partial charge in [0.1, 0.15) is 6.61 Å². The van der Waals surface area contributed by atoms with Crippen molar-refractivity contribution in [3.8, 4) is 11.5 Å². The van der Waals surface area contributed by atoms with E-state index in [2.05, 4.69) is 27.3 Å². The average molecular weight is 341 g/mol. The van der Waals surface area contributed by atoms with Crippen LogP contribution in [0.5, 0.6) is 11.5 Å². The number of hydrogen-bond donors (Lipinski definition) is 1. The van der Waals surface area contributed by atoms with Gasteiger partial charge in [-0.1, -0.05) is 12.1 Å². The van der Waals surface area contributed by atoms with E-state index in [0.29, 0.717) is 12.6 Å². The molecule has 1 N–H and O–H groups in total. The molecule has 0 radical (unpaired) electrons. The lowest BCUT2D eigenvalue weighted by Crippen LogP contribution is -2.43. The van der Waals surface area contributed by atoms with Gasteiger partial charge < -0.3 is 14.8 Å². The lowest BCUT2D eigenvalue weighted by atomic mass is 10.0. The zero-order valence-corrected chi connectivity index (χ0v) is 15.1. The number of ether oxygens (including phenoxy) is 2. The summed E-state index contributed by atoms with van der Waals surface area (Å²) in [6.45, 7) is 3.66. The number of likely N-dealkylation sites (N-methyl/N-ethyl adjacent to an activating group) is 1. The number of aromatic nitrogens is 1. The molecule has 1 aliphatic rings. The molecule has 0 bridgehead atoms. The molecule has 2 heterocycles. The van der Waals surface area contributed by atoms with Crippen LogP contribution in [-0.4, -0.2) is 43.2 Å². The van der Waals surface area contributed by atoms with Crippen molar-refractivity contribution in [2.24, 2.45) is 0 Å². The van der Waals surface area contributed by atoms with Crippen molar-refractivity contribution in [1.82, 2.24) is 15.2 Å². The number of nitrogens with zero attached hydrogens (tertiary/aromatic N) is 2. The first-order chi connectivity index (χ1) is 12.3. The summed E-state index contributed by atoms with van der Waals surface area (Å²) >= 11 is 0. The molecule has 0 aliphatic carbocycles. The Morgan fingerprint density at radius 1 is 1.24 bits per heavy atom. The van der Waals surface area contributed by atoms with Gasteiger partial charge in [0.05, 0.1) is 7.11 Å². The predicted octanol–water partition coefficient (Wildman–Crippen LogP) is 2.85. The second kappa shape index (κ2) is 8.83. The highest BCUT2D eigenvalue weighted by Gasteiger charge is 2.19. The monoisotopic (exact) mass is 341 g/mol. The van der Waals surface area contributed by atoms with Crippen molar-refractivity contribution in [1.29, 1.82) is 0 Å². The summed E-state index contributed by atoms with van der Waals surface area (Å²) in [6, 6.07) is 10.7. The summed E-state index contributed by atoms with van der Waals surface area (Å²) in [5.74, 6) is 1.55. The van der Waals surface area contributed by atoms with Gasteiger partial charge in [-0.2, -0.15) is 0 Å². The summed E-state index contributed by atoms with van der Waals surface area (Å²) in [4.78, 5) is 6.62. The maximum atomic E-state index is 5.99. The zero-order chi connectivity index (χ0) is 17.5. The van der Waals surface area contributed by atoms with Crippen molar-refractivity contribution >= 4 is 0 Å². The van der Waals surface area contributed by atoms with Crippen LogP contribution in [0.1, 0.15) is 24.0 Å². The number of likely N-dealkylation sites (tertiary alicyclic amines) is 1. The summed E-state index contributed by atoms with van der Waals surface area (Å²) in [5.41, 5.74) is 2.29. The Hall–Kier alpha value is -2.11. The van der Waals surface area contributed by atoms with Gasteiger partial charge in [0, 0.05) is 37.1 Å². The van der Waals surface area contributed by atoms with E-state index >= 15 is 0 Å². The third kappa shape index (κ3) is 4.94. The molecule has 0 amide bonds. The van der Waals surface area contributed by atoms with Crippen LogP contribution in [-0.2, 0) is 13.2 Å². The summed E-state index contributed by atoms with van der Waals surface area (Å²) < 4.78 is 11.4. The molecule has 1 aromatic heterocycles. The molecule has 1 atom stereocenters. The lowest BCUT2D eigenvalue weighted by molar-refractivity contribution is 0.187. The van der Waals surface area contributed by atoms with Crippen LogP contribution < -0.4 is 14.8 Å². The van der Waals surface area contributed by atoms with Gasteiger partial charge >= 0.3 is 0 Å². The van der Waals surface area contributed by atoms with E-state index in [4.69, 9.17) is 9.47 Å². The first kappa shape index (κ1) is 17.7. The molecule has 1 aliphatic heterocycles. The van der Waals surface area contributed by atoms with E-state index in [1.54, 1.807) is 13.3 Å². The van der Waals surface area contributed by atoms with Gasteiger partial charge in [-0.15, -0.1) is 0 Å². The fourth-order valence-corrected chi connectivity index (χ4v) is 3.27. The van der Waals surface area contributed by atoms with Crippen LogP contribution in [0.15, 0.2) is 42.7 Å². The highest BCUT2D eigenvalue weighted by atomic mass is 16.5. The van der Waals surface area contributed by atoms with E-state index < -0.39 is 0 Å². The minimum Gasteiger partial charge on any atom is -0.493 e. The molecule has 1 fully saturated rings. The first-order valence-electron chi connectivity index (χ1n) is 8.86. The van der Waals surface area contributed by atoms with Gasteiger partial charge in [-0.25, -0.2) is 0 Å². The minimum absolute atomic E-state index is 0.485. The van der Waals surface area contributed by atoms with Crippen LogP contribution in [0.3, 0.4) is 0 Å². The molecule has 5 nitrogen and oxygen atoms in total. The Morgan fingerprint density at radius 3 is 2.92 bits per heavy atom. The summed E-state index contributed by atoms with van der Waals surface area (Å²) in [5, 5.41) is 3.40. The van der Waals surface area contributed by atoms with Crippen molar-refractivity contribution < 1.29 is 9.47 Å². The molecule has 1 unspecified atom stereocenters. The van der Waals surface area contributed by atoms with Gasteiger partial charge in [0.25, 0.3) is 0 Å². The average Bonchev–Trinajstić information content (AvgIpc) is 2.67. The van der Waals surface area contributed by atoms with Gasteiger partial charge in [-0.05, 0) is 50.2 Å². The van der Waals surface area contributed by atoms with E-state index in [1.165, 1.54) is 18.4 Å². The number of nitrogens with one attached hydrogen (secondary N) is 1. The molecule has 1 aromatic carbocycles.